The van der Waals surface area contributed by atoms with E-state index >= 15 is 0 Å². The van der Waals surface area contributed by atoms with E-state index in [1.54, 1.807) is 13.0 Å². The predicted molar refractivity (Wildman–Crippen MR) is 171 cm³/mol. The highest BCUT2D eigenvalue weighted by atomic mass is 32.2. The molecule has 0 aliphatic heterocycles. The number of rotatable bonds is 16. The number of pyridine rings is 1. The Morgan fingerprint density at radius 3 is 2.33 bits per heavy atom. The molecule has 1 atom stereocenters. The van der Waals surface area contributed by atoms with Crippen molar-refractivity contribution in [1.82, 2.24) is 20.3 Å². The van der Waals surface area contributed by atoms with E-state index in [0.717, 1.165) is 29.5 Å². The van der Waals surface area contributed by atoms with E-state index in [1.807, 2.05) is 32.0 Å². The quantitative estimate of drug-likeness (QED) is 0.139. The van der Waals surface area contributed by atoms with Crippen LogP contribution in [-0.2, 0) is 19.6 Å². The standard InChI is InChI=1S/C32H43N5O7S/c1-7-43-28(38)16-8-9-17-33-23(19-32(4,5)6)20-44-26-18-25(29-21(2)12-10-13-22(29)3)35-31(36-26)37-45(41,42)27-15-11-14-24(34-27)30(39)40/h10-15,18,23,33H,7-9,16-17,19-20H2,1-6H3,(H,39,40)(H,35,36,37)/t23-/m1/s1. The Balaban J connectivity index is 1.87. The fourth-order valence-electron chi connectivity index (χ4n) is 4.80. The number of aromatic carboxylic acids is 1. The lowest BCUT2D eigenvalue weighted by Crippen LogP contribution is -2.38. The number of nitrogens with one attached hydrogen (secondary N) is 2. The van der Waals surface area contributed by atoms with Gasteiger partial charge in [0, 0.05) is 24.1 Å². The molecule has 0 aliphatic carbocycles. The van der Waals surface area contributed by atoms with Gasteiger partial charge < -0.3 is 19.9 Å². The van der Waals surface area contributed by atoms with E-state index in [0.29, 0.717) is 31.7 Å². The Morgan fingerprint density at radius 1 is 1.00 bits per heavy atom. The molecular weight excluding hydrogens is 598 g/mol. The number of aromatic nitrogens is 3. The number of anilines is 1. The molecule has 1 aromatic carbocycles. The number of carbonyl (C=O) groups excluding carboxylic acids is 1. The number of carboxylic acid groups (broad SMARTS) is 1. The van der Waals surface area contributed by atoms with Crippen molar-refractivity contribution in [2.24, 2.45) is 5.41 Å². The maximum absolute atomic E-state index is 13.2. The number of benzene rings is 1. The molecular formula is C32H43N5O7S. The first-order valence-corrected chi connectivity index (χ1v) is 16.4. The van der Waals surface area contributed by atoms with Crippen LogP contribution in [0.3, 0.4) is 0 Å². The lowest BCUT2D eigenvalue weighted by atomic mass is 9.88. The third-order valence-electron chi connectivity index (χ3n) is 6.72. The molecule has 3 N–H and O–H groups in total. The highest BCUT2D eigenvalue weighted by Crippen LogP contribution is 2.30. The molecule has 0 amide bonds. The Hall–Kier alpha value is -4.10. The summed E-state index contributed by atoms with van der Waals surface area (Å²) >= 11 is 0. The van der Waals surface area contributed by atoms with Crippen LogP contribution >= 0.6 is 0 Å². The second-order valence-electron chi connectivity index (χ2n) is 11.9. The molecule has 0 radical (unpaired) electrons. The zero-order valence-electron chi connectivity index (χ0n) is 26.7. The molecule has 3 aromatic rings. The van der Waals surface area contributed by atoms with Crippen LogP contribution in [0.4, 0.5) is 5.95 Å². The average Bonchev–Trinajstić information content (AvgIpc) is 2.94. The molecule has 2 heterocycles. The lowest BCUT2D eigenvalue weighted by molar-refractivity contribution is -0.143. The van der Waals surface area contributed by atoms with Gasteiger partial charge in [0.15, 0.2) is 5.03 Å². The van der Waals surface area contributed by atoms with Gasteiger partial charge in [-0.15, -0.1) is 0 Å². The molecule has 0 bridgehead atoms. The Kier molecular flexibility index (Phi) is 12.4. The smallest absolute Gasteiger partial charge is 0.354 e. The summed E-state index contributed by atoms with van der Waals surface area (Å²) in [6.07, 6.45) is 2.64. The minimum Gasteiger partial charge on any atom is -0.477 e. The van der Waals surface area contributed by atoms with Crippen molar-refractivity contribution in [2.45, 2.75) is 78.3 Å². The fourth-order valence-corrected chi connectivity index (χ4v) is 5.71. The fraction of sp³-hybridized carbons (Fsp3) is 0.469. The van der Waals surface area contributed by atoms with E-state index in [9.17, 15) is 23.1 Å². The van der Waals surface area contributed by atoms with Crippen LogP contribution < -0.4 is 14.8 Å². The van der Waals surface area contributed by atoms with Crippen molar-refractivity contribution in [2.75, 3.05) is 24.5 Å². The summed E-state index contributed by atoms with van der Waals surface area (Å²) in [5.41, 5.74) is 2.70. The highest BCUT2D eigenvalue weighted by molar-refractivity contribution is 7.92. The topological polar surface area (TPSA) is 170 Å². The van der Waals surface area contributed by atoms with Crippen LogP contribution in [-0.4, -0.2) is 66.2 Å². The van der Waals surface area contributed by atoms with E-state index in [2.05, 4.69) is 45.8 Å². The number of esters is 1. The molecule has 13 heteroatoms. The number of sulfonamides is 1. The summed E-state index contributed by atoms with van der Waals surface area (Å²) in [7, 11) is -4.34. The Bertz CT molecular complexity index is 1570. The molecule has 12 nitrogen and oxygen atoms in total. The van der Waals surface area contributed by atoms with Crippen LogP contribution in [0.5, 0.6) is 5.88 Å². The van der Waals surface area contributed by atoms with Gasteiger partial charge in [-0.2, -0.15) is 13.4 Å². The van der Waals surface area contributed by atoms with Crippen molar-refractivity contribution in [3.63, 3.8) is 0 Å². The second kappa shape index (κ2) is 15.8. The molecule has 0 aliphatic rings. The van der Waals surface area contributed by atoms with Crippen molar-refractivity contribution >= 4 is 27.9 Å². The van der Waals surface area contributed by atoms with Gasteiger partial charge in [-0.3, -0.25) is 4.79 Å². The van der Waals surface area contributed by atoms with E-state index in [4.69, 9.17) is 9.47 Å². The van der Waals surface area contributed by atoms with Gasteiger partial charge in [-0.25, -0.2) is 19.5 Å². The average molecular weight is 642 g/mol. The number of nitrogens with zero attached hydrogens (tertiary/aromatic N) is 3. The van der Waals surface area contributed by atoms with Gasteiger partial charge in [0.1, 0.15) is 12.3 Å². The largest absolute Gasteiger partial charge is 0.477 e. The molecule has 0 saturated carbocycles. The third-order valence-corrected chi connectivity index (χ3v) is 7.95. The first-order valence-electron chi connectivity index (χ1n) is 14.9. The third kappa shape index (κ3) is 11.1. The molecule has 45 heavy (non-hydrogen) atoms. The molecule has 0 unspecified atom stereocenters. The molecule has 0 saturated heterocycles. The summed E-state index contributed by atoms with van der Waals surface area (Å²) in [6, 6.07) is 11.1. The first-order chi connectivity index (χ1) is 21.2. The van der Waals surface area contributed by atoms with Crippen molar-refractivity contribution in [3.05, 3.63) is 59.3 Å². The summed E-state index contributed by atoms with van der Waals surface area (Å²) in [5.74, 6) is -1.64. The number of carboxylic acids is 1. The number of ether oxygens (including phenoxy) is 2. The number of unbranched alkanes of at least 4 members (excludes halogenated alkanes) is 1. The monoisotopic (exact) mass is 641 g/mol. The predicted octanol–water partition coefficient (Wildman–Crippen LogP) is 5.16. The van der Waals surface area contributed by atoms with Gasteiger partial charge in [-0.05, 0) is 75.3 Å². The van der Waals surface area contributed by atoms with Gasteiger partial charge in [-0.1, -0.05) is 45.0 Å². The normalized spacial score (nSPS) is 12.4. The Labute approximate surface area is 265 Å². The number of hydrogen-bond acceptors (Lipinski definition) is 10. The van der Waals surface area contributed by atoms with Crippen molar-refractivity contribution in [3.8, 4) is 17.1 Å². The zero-order chi connectivity index (χ0) is 33.2. The van der Waals surface area contributed by atoms with Crippen LogP contribution in [0, 0.1) is 19.3 Å². The summed E-state index contributed by atoms with van der Waals surface area (Å²) in [4.78, 5) is 35.6. The minimum absolute atomic E-state index is 0.0145. The van der Waals surface area contributed by atoms with E-state index < -0.39 is 26.7 Å². The maximum atomic E-state index is 13.2. The van der Waals surface area contributed by atoms with Gasteiger partial charge in [0.2, 0.25) is 11.8 Å². The maximum Gasteiger partial charge on any atom is 0.354 e. The Morgan fingerprint density at radius 2 is 1.69 bits per heavy atom. The van der Waals surface area contributed by atoms with Crippen LogP contribution in [0.1, 0.15) is 75.0 Å². The molecule has 0 fully saturated rings. The second-order valence-corrected chi connectivity index (χ2v) is 13.6. The molecule has 3 rings (SSSR count). The number of hydrogen-bond donors (Lipinski definition) is 3. The van der Waals surface area contributed by atoms with Crippen molar-refractivity contribution in [1.29, 1.82) is 0 Å². The number of aryl methyl sites for hydroxylation is 2. The van der Waals surface area contributed by atoms with Crippen molar-refractivity contribution < 1.29 is 32.6 Å². The summed E-state index contributed by atoms with van der Waals surface area (Å²) in [5, 5.41) is 12.3. The summed E-state index contributed by atoms with van der Waals surface area (Å²) in [6.45, 7) is 13.3. The lowest BCUT2D eigenvalue weighted by Gasteiger charge is -2.27. The highest BCUT2D eigenvalue weighted by Gasteiger charge is 2.23. The first kappa shape index (κ1) is 35.4. The van der Waals surface area contributed by atoms with E-state index in [1.165, 1.54) is 18.2 Å². The van der Waals surface area contributed by atoms with Gasteiger partial charge >= 0.3 is 11.9 Å². The van der Waals surface area contributed by atoms with Gasteiger partial charge in [0.25, 0.3) is 10.0 Å². The minimum atomic E-state index is -4.34. The zero-order valence-corrected chi connectivity index (χ0v) is 27.5. The van der Waals surface area contributed by atoms with E-state index in [-0.39, 0.29) is 35.9 Å². The van der Waals surface area contributed by atoms with Crippen LogP contribution in [0.2, 0.25) is 0 Å². The molecule has 2 aromatic heterocycles. The molecule has 0 spiro atoms. The molecule has 244 valence electrons. The van der Waals surface area contributed by atoms with Gasteiger partial charge in [0.05, 0.1) is 12.3 Å². The van der Waals surface area contributed by atoms with Crippen LogP contribution in [0.15, 0.2) is 47.5 Å². The summed E-state index contributed by atoms with van der Waals surface area (Å²) < 4.78 is 40.0. The SMILES string of the molecule is CCOC(=O)CCCCN[C@@H](COc1cc(-c2c(C)cccc2C)nc(NS(=O)(=O)c2cccc(C(=O)O)n2)n1)CC(C)(C)C. The number of carbonyl (C=O) groups is 2. The van der Waals surface area contributed by atoms with Crippen LogP contribution in [0.25, 0.3) is 11.3 Å².